The second-order valence-electron chi connectivity index (χ2n) is 11.8. The molecular weight excluding hydrogens is 482 g/mol. The van der Waals surface area contributed by atoms with Crippen molar-refractivity contribution in [3.63, 3.8) is 0 Å². The van der Waals surface area contributed by atoms with Crippen molar-refractivity contribution >= 4 is 5.97 Å². The predicted octanol–water partition coefficient (Wildman–Crippen LogP) is 8.91. The molecule has 0 N–H and O–H groups in total. The third-order valence-corrected chi connectivity index (χ3v) is 7.56. The van der Waals surface area contributed by atoms with Crippen LogP contribution in [0, 0.1) is 0 Å². The van der Waals surface area contributed by atoms with Crippen LogP contribution >= 0.6 is 0 Å². The SMILES string of the molecule is CCCCCCCCCCCCCc1ccc(OC(CC)COC(=O)CC[N+](C)(C)Cc2ccccc2)cc1. The van der Waals surface area contributed by atoms with E-state index in [0.717, 1.165) is 36.2 Å². The molecule has 0 saturated heterocycles. The fraction of sp³-hybridized carbons (Fsp3) is 0.629. The summed E-state index contributed by atoms with van der Waals surface area (Å²) in [6.07, 6.45) is 17.3. The average Bonchev–Trinajstić information content (AvgIpc) is 2.94. The number of benzene rings is 2. The van der Waals surface area contributed by atoms with Crippen LogP contribution in [0.5, 0.6) is 5.75 Å². The number of ether oxygens (including phenoxy) is 2. The summed E-state index contributed by atoms with van der Waals surface area (Å²) in [5.74, 6) is 0.694. The highest BCUT2D eigenvalue weighted by Crippen LogP contribution is 2.18. The summed E-state index contributed by atoms with van der Waals surface area (Å²) in [5, 5.41) is 0. The van der Waals surface area contributed by atoms with Gasteiger partial charge < -0.3 is 14.0 Å². The average molecular weight is 539 g/mol. The number of carbonyl (C=O) groups excluding carboxylic acids is 1. The zero-order chi connectivity index (χ0) is 28.2. The van der Waals surface area contributed by atoms with Crippen molar-refractivity contribution in [1.29, 1.82) is 0 Å². The smallest absolute Gasteiger partial charge is 0.311 e. The Balaban J connectivity index is 1.58. The number of aryl methyl sites for hydroxylation is 1. The van der Waals surface area contributed by atoms with Crippen molar-refractivity contribution in [3.05, 3.63) is 65.7 Å². The summed E-state index contributed by atoms with van der Waals surface area (Å²) in [4.78, 5) is 12.4. The molecule has 0 aliphatic carbocycles. The molecule has 1 atom stereocenters. The highest BCUT2D eigenvalue weighted by atomic mass is 16.6. The lowest BCUT2D eigenvalue weighted by Crippen LogP contribution is -2.40. The lowest BCUT2D eigenvalue weighted by Gasteiger charge is -2.29. The first kappa shape index (κ1) is 32.9. The van der Waals surface area contributed by atoms with E-state index in [4.69, 9.17) is 9.47 Å². The number of nitrogens with zero attached hydrogens (tertiary/aromatic N) is 1. The summed E-state index contributed by atoms with van der Waals surface area (Å²) in [6, 6.07) is 18.9. The van der Waals surface area contributed by atoms with E-state index in [9.17, 15) is 4.79 Å². The van der Waals surface area contributed by atoms with Gasteiger partial charge in [0.1, 0.15) is 25.0 Å². The Morgan fingerprint density at radius 1 is 0.744 bits per heavy atom. The van der Waals surface area contributed by atoms with Crippen LogP contribution in [0.4, 0.5) is 0 Å². The van der Waals surface area contributed by atoms with Gasteiger partial charge in [-0.15, -0.1) is 0 Å². The van der Waals surface area contributed by atoms with Crippen LogP contribution in [0.3, 0.4) is 0 Å². The van der Waals surface area contributed by atoms with Crippen LogP contribution in [0.15, 0.2) is 54.6 Å². The minimum atomic E-state index is -0.154. The third kappa shape index (κ3) is 15.8. The molecule has 0 aliphatic rings. The lowest BCUT2D eigenvalue weighted by atomic mass is 10.0. The number of hydrogen-bond donors (Lipinski definition) is 0. The van der Waals surface area contributed by atoms with E-state index < -0.39 is 0 Å². The standard InChI is InChI=1S/C35H56NO3/c1-5-7-8-9-10-11-12-13-14-15-17-20-31-23-25-34(26-24-31)39-33(6-2)30-38-35(37)27-28-36(3,4)29-32-21-18-16-19-22-32/h16,18-19,21-26,33H,5-15,17,20,27-30H2,1-4H3/q+1. The van der Waals surface area contributed by atoms with Crippen LogP contribution in [0.2, 0.25) is 0 Å². The maximum absolute atomic E-state index is 12.4. The largest absolute Gasteiger partial charge is 0.487 e. The molecule has 4 heteroatoms. The first-order valence-corrected chi connectivity index (χ1v) is 15.7. The highest BCUT2D eigenvalue weighted by Gasteiger charge is 2.19. The Morgan fingerprint density at radius 3 is 1.92 bits per heavy atom. The van der Waals surface area contributed by atoms with Crippen LogP contribution < -0.4 is 4.74 Å². The van der Waals surface area contributed by atoms with E-state index in [1.54, 1.807) is 0 Å². The number of unbranched alkanes of at least 4 members (excludes halogenated alkanes) is 10. The number of carbonyl (C=O) groups is 1. The van der Waals surface area contributed by atoms with Crippen molar-refractivity contribution in [1.82, 2.24) is 0 Å². The molecule has 2 rings (SSSR count). The van der Waals surface area contributed by atoms with Gasteiger partial charge in [-0.2, -0.15) is 0 Å². The van der Waals surface area contributed by atoms with Gasteiger partial charge in [-0.25, -0.2) is 0 Å². The summed E-state index contributed by atoms with van der Waals surface area (Å²) in [7, 11) is 4.30. The molecule has 0 radical (unpaired) electrons. The second-order valence-corrected chi connectivity index (χ2v) is 11.8. The number of esters is 1. The van der Waals surface area contributed by atoms with Crippen LogP contribution in [0.25, 0.3) is 0 Å². The lowest BCUT2D eigenvalue weighted by molar-refractivity contribution is -0.903. The third-order valence-electron chi connectivity index (χ3n) is 7.56. The molecule has 0 amide bonds. The Morgan fingerprint density at radius 2 is 1.33 bits per heavy atom. The van der Waals surface area contributed by atoms with E-state index in [-0.39, 0.29) is 12.1 Å². The number of rotatable bonds is 22. The number of hydrogen-bond acceptors (Lipinski definition) is 3. The summed E-state index contributed by atoms with van der Waals surface area (Å²) in [5.41, 5.74) is 2.65. The molecule has 0 bridgehead atoms. The van der Waals surface area contributed by atoms with Gasteiger partial charge in [0, 0.05) is 5.56 Å². The van der Waals surface area contributed by atoms with Gasteiger partial charge in [0.15, 0.2) is 0 Å². The maximum atomic E-state index is 12.4. The molecular formula is C35H56NO3+. The highest BCUT2D eigenvalue weighted by molar-refractivity contribution is 5.69. The first-order chi connectivity index (χ1) is 18.9. The Hall–Kier alpha value is -2.33. The van der Waals surface area contributed by atoms with Crippen molar-refractivity contribution in [2.24, 2.45) is 0 Å². The van der Waals surface area contributed by atoms with Crippen LogP contribution in [0.1, 0.15) is 108 Å². The molecule has 0 aliphatic heterocycles. The van der Waals surface area contributed by atoms with Gasteiger partial charge in [0.25, 0.3) is 0 Å². The Bertz CT molecular complexity index is 879. The summed E-state index contributed by atoms with van der Waals surface area (Å²) < 4.78 is 12.5. The molecule has 0 aromatic heterocycles. The molecule has 0 spiro atoms. The fourth-order valence-corrected chi connectivity index (χ4v) is 4.96. The van der Waals surface area contributed by atoms with Crippen molar-refractivity contribution in [2.45, 2.75) is 116 Å². The minimum absolute atomic E-state index is 0.127. The summed E-state index contributed by atoms with van der Waals surface area (Å²) >= 11 is 0. The molecule has 1 unspecified atom stereocenters. The van der Waals surface area contributed by atoms with E-state index in [1.807, 2.05) is 6.07 Å². The monoisotopic (exact) mass is 538 g/mol. The maximum Gasteiger partial charge on any atom is 0.311 e. The quantitative estimate of drug-likeness (QED) is 0.0853. The normalized spacial score (nSPS) is 12.3. The van der Waals surface area contributed by atoms with Gasteiger partial charge in [0.2, 0.25) is 0 Å². The van der Waals surface area contributed by atoms with Gasteiger partial charge >= 0.3 is 5.97 Å². The Kier molecular flexibility index (Phi) is 16.6. The van der Waals surface area contributed by atoms with Gasteiger partial charge in [-0.3, -0.25) is 4.79 Å². The minimum Gasteiger partial charge on any atom is -0.487 e. The van der Waals surface area contributed by atoms with E-state index in [0.29, 0.717) is 13.0 Å². The molecule has 0 heterocycles. The van der Waals surface area contributed by atoms with Crippen LogP contribution in [-0.4, -0.2) is 43.8 Å². The number of quaternary nitrogens is 1. The zero-order valence-electron chi connectivity index (χ0n) is 25.5. The molecule has 2 aromatic rings. The van der Waals surface area contributed by atoms with E-state index in [2.05, 4.69) is 76.5 Å². The van der Waals surface area contributed by atoms with Crippen LogP contribution in [-0.2, 0) is 22.5 Å². The van der Waals surface area contributed by atoms with Crippen molar-refractivity contribution in [2.75, 3.05) is 27.2 Å². The van der Waals surface area contributed by atoms with E-state index in [1.165, 1.54) is 81.8 Å². The fourth-order valence-electron chi connectivity index (χ4n) is 4.96. The molecule has 218 valence electrons. The van der Waals surface area contributed by atoms with Gasteiger partial charge in [-0.05, 0) is 37.0 Å². The molecule has 0 fully saturated rings. The Labute approximate surface area is 239 Å². The summed E-state index contributed by atoms with van der Waals surface area (Å²) in [6.45, 7) is 6.28. The first-order valence-electron chi connectivity index (χ1n) is 15.7. The van der Waals surface area contributed by atoms with Crippen molar-refractivity contribution < 1.29 is 18.8 Å². The predicted molar refractivity (Wildman–Crippen MR) is 164 cm³/mol. The van der Waals surface area contributed by atoms with Crippen molar-refractivity contribution in [3.8, 4) is 5.75 Å². The zero-order valence-corrected chi connectivity index (χ0v) is 25.5. The van der Waals surface area contributed by atoms with E-state index >= 15 is 0 Å². The molecule has 4 nitrogen and oxygen atoms in total. The van der Waals surface area contributed by atoms with Gasteiger partial charge in [-0.1, -0.05) is 121 Å². The molecule has 0 saturated carbocycles. The second kappa shape index (κ2) is 19.7. The topological polar surface area (TPSA) is 35.5 Å². The molecule has 39 heavy (non-hydrogen) atoms. The molecule has 2 aromatic carbocycles. The van der Waals surface area contributed by atoms with Gasteiger partial charge in [0.05, 0.1) is 27.1 Å².